The number of carbonyl (C=O) groups excluding carboxylic acids is 3. The summed E-state index contributed by atoms with van der Waals surface area (Å²) in [4.78, 5) is 100.0. The van der Waals surface area contributed by atoms with E-state index in [9.17, 15) is 14.4 Å². The van der Waals surface area contributed by atoms with Crippen molar-refractivity contribution in [2.45, 2.75) is 115 Å². The van der Waals surface area contributed by atoms with Crippen LogP contribution in [0.25, 0.3) is 128 Å². The zero-order valence-corrected chi connectivity index (χ0v) is 72.8. The number of allylic oxidation sites excluding steroid dienone is 1. The molecule has 29 heteroatoms. The first-order chi connectivity index (χ1) is 64.0. The van der Waals surface area contributed by atoms with Gasteiger partial charge in [-0.3, -0.25) is 32.0 Å². The van der Waals surface area contributed by atoms with Gasteiger partial charge < -0.3 is 67.1 Å². The summed E-state index contributed by atoms with van der Waals surface area (Å²) in [5, 5.41) is 9.59. The highest BCUT2D eigenvalue weighted by Crippen LogP contribution is 2.43. The third-order valence-corrected chi connectivity index (χ3v) is 27.2. The van der Waals surface area contributed by atoms with Gasteiger partial charge in [0, 0.05) is 190 Å². The highest BCUT2D eigenvalue weighted by atomic mass is 16.5. The SMILES string of the molecule is Cc1cccc2cc(-c3nc(C4CCC4)n4ccnc(N)c34)[nH]c12.Cc1noc(C)c1CC(=O)N1CCC(c2nc(-c3cc4ccccc4[nH]3)c3c(N)nccn23)CC1.Nc1nccn2c(C3CCN(C(=O)c4ccc5[nH]ccc5c4)CC3)nc(-c3cc4ccccc4[nH]3)c12.Nc1nccn2c(C3CCN(C(=O)c4ccc5c(c4)CC=C5)CC3)nc(-c3cc4ccccc4[nH]3)c12. The van der Waals surface area contributed by atoms with Gasteiger partial charge in [-0.1, -0.05) is 103 Å². The quantitative estimate of drug-likeness (QED) is 0.0548. The predicted octanol–water partition coefficient (Wildman–Crippen LogP) is 18.1. The van der Waals surface area contributed by atoms with Gasteiger partial charge in [0.2, 0.25) is 5.91 Å². The minimum atomic E-state index is 0.0803. The summed E-state index contributed by atoms with van der Waals surface area (Å²) in [6, 6.07) is 53.2. The number of nitrogens with zero attached hydrogens (tertiary/aromatic N) is 16. The maximum absolute atomic E-state index is 13.2. The number of nitrogen functional groups attached to an aromatic ring is 4. The average molecular weight is 1740 g/mol. The van der Waals surface area contributed by atoms with E-state index in [0.29, 0.717) is 80.6 Å². The number of nitrogens with two attached hydrogens (primary N) is 4. The van der Waals surface area contributed by atoms with Crippen LogP contribution < -0.4 is 22.9 Å². The molecule has 6 aromatic carbocycles. The summed E-state index contributed by atoms with van der Waals surface area (Å²) in [5.74, 6) is 8.11. The predicted molar refractivity (Wildman–Crippen MR) is 512 cm³/mol. The van der Waals surface area contributed by atoms with E-state index in [-0.39, 0.29) is 35.5 Å². The summed E-state index contributed by atoms with van der Waals surface area (Å²) >= 11 is 0. The molecule has 14 aromatic heterocycles. The average Bonchev–Trinajstić information content (AvgIpc) is 1.61. The van der Waals surface area contributed by atoms with Crippen molar-refractivity contribution in [3.05, 3.63) is 288 Å². The molecule has 0 bridgehead atoms. The first-order valence-electron chi connectivity index (χ1n) is 45.0. The second-order valence-corrected chi connectivity index (χ2v) is 35.1. The highest BCUT2D eigenvalue weighted by molar-refractivity contribution is 6.00. The molecule has 29 nitrogen and oxygen atoms in total. The Labute approximate surface area is 751 Å². The van der Waals surface area contributed by atoms with Crippen LogP contribution in [-0.2, 0) is 17.6 Å². The molecule has 0 atom stereocenters. The lowest BCUT2D eigenvalue weighted by Gasteiger charge is -2.31. The molecule has 5 aliphatic rings. The van der Waals surface area contributed by atoms with Gasteiger partial charge in [-0.05, 0) is 174 Å². The number of aromatic amines is 5. The third-order valence-electron chi connectivity index (χ3n) is 27.2. The van der Waals surface area contributed by atoms with Crippen molar-refractivity contribution in [2.24, 2.45) is 0 Å². The molecule has 4 fully saturated rings. The molecule has 0 unspecified atom stereocenters. The number of hydrogen-bond donors (Lipinski definition) is 9. The van der Waals surface area contributed by atoms with Crippen LogP contribution in [0.5, 0.6) is 0 Å². The molecule has 654 valence electrons. The fourth-order valence-corrected chi connectivity index (χ4v) is 20.0. The number of nitrogens with one attached hydrogen (secondary N) is 5. The number of H-pyrrole nitrogens is 5. The summed E-state index contributed by atoms with van der Waals surface area (Å²) < 4.78 is 13.6. The van der Waals surface area contributed by atoms with E-state index in [0.717, 1.165) is 207 Å². The van der Waals surface area contributed by atoms with Gasteiger partial charge in [-0.25, -0.2) is 39.9 Å². The van der Waals surface area contributed by atoms with E-state index in [2.05, 4.69) is 172 Å². The van der Waals surface area contributed by atoms with Gasteiger partial charge in [-0.15, -0.1) is 0 Å². The summed E-state index contributed by atoms with van der Waals surface area (Å²) in [6.07, 6.45) is 30.8. The Morgan fingerprint density at radius 1 is 0.420 bits per heavy atom. The Hall–Kier alpha value is -15.9. The molecule has 1 saturated carbocycles. The van der Waals surface area contributed by atoms with Crippen molar-refractivity contribution in [2.75, 3.05) is 62.2 Å². The normalized spacial score (nSPS) is 15.2. The number of hydrogen-bond acceptors (Lipinski definition) is 17. The van der Waals surface area contributed by atoms with Gasteiger partial charge in [0.05, 0.1) is 34.9 Å². The summed E-state index contributed by atoms with van der Waals surface area (Å²) in [5.41, 5.74) is 47.9. The van der Waals surface area contributed by atoms with Crippen molar-refractivity contribution >= 4 is 124 Å². The van der Waals surface area contributed by atoms with Crippen LogP contribution in [0, 0.1) is 20.8 Å². The largest absolute Gasteiger partial charge is 0.382 e. The Kier molecular flexibility index (Phi) is 20.6. The molecule has 13 N–H and O–H groups in total. The minimum absolute atomic E-state index is 0.0803. The number of carbonyl (C=O) groups is 3. The monoisotopic (exact) mass is 1740 g/mol. The van der Waals surface area contributed by atoms with Crippen LogP contribution in [-0.4, -0.2) is 159 Å². The number of aromatic nitrogens is 18. The van der Waals surface area contributed by atoms with Gasteiger partial charge in [-0.2, -0.15) is 0 Å². The molecule has 3 aliphatic heterocycles. The molecule has 0 radical (unpaired) electrons. The number of fused-ring (bicyclic) bond motifs is 10. The second-order valence-electron chi connectivity index (χ2n) is 35.1. The zero-order chi connectivity index (χ0) is 88.8. The molecule has 0 spiro atoms. The summed E-state index contributed by atoms with van der Waals surface area (Å²) in [7, 11) is 0. The van der Waals surface area contributed by atoms with Gasteiger partial charge in [0.1, 0.15) is 97.2 Å². The van der Waals surface area contributed by atoms with Gasteiger partial charge in [0.25, 0.3) is 11.8 Å². The molecular weight excluding hydrogens is 1640 g/mol. The summed E-state index contributed by atoms with van der Waals surface area (Å²) in [6.45, 7) is 9.99. The zero-order valence-electron chi connectivity index (χ0n) is 72.8. The number of likely N-dealkylation sites (tertiary alicyclic amines) is 3. The van der Waals surface area contributed by atoms with Crippen LogP contribution in [0.1, 0.15) is 159 Å². The van der Waals surface area contributed by atoms with Crippen LogP contribution >= 0.6 is 0 Å². The molecule has 25 rings (SSSR count). The lowest BCUT2D eigenvalue weighted by atomic mass is 9.85. The van der Waals surface area contributed by atoms with Crippen LogP contribution in [0.15, 0.2) is 224 Å². The smallest absolute Gasteiger partial charge is 0.253 e. The number of piperidine rings is 3. The molecule has 2 aliphatic carbocycles. The van der Waals surface area contributed by atoms with Crippen molar-refractivity contribution in [1.29, 1.82) is 0 Å². The van der Waals surface area contributed by atoms with Crippen LogP contribution in [0.3, 0.4) is 0 Å². The van der Waals surface area contributed by atoms with Crippen molar-refractivity contribution < 1.29 is 18.9 Å². The second kappa shape index (κ2) is 33.4. The minimum Gasteiger partial charge on any atom is -0.382 e. The standard InChI is InChI=1S/C29H26N6O.C28H25N7O.C26H27N7O2.C19H19N5/c30-27-26-25(24-17-21-4-1-2-7-23(21)32-24)33-28(35(26)15-12-31-27)19-10-13-34(14-11-19)29(36)22-9-8-18-5-3-6-20(18)16-22;29-26-25-24(23-16-18-3-1-2-4-22(18)32-23)33-27(35(25)14-11-31-26)17-8-12-34(13-9-17)28(36)20-5-6-21-19(15-20)7-10-30-21;1-15-19(16(2)35-31-15)14-22(34)32-10-7-17(8-11-32)26-30-23(24-25(27)28-9-12-33(24)26)21-13-18-5-3-4-6-20(18)29-21;1-11-4-2-7-13-10-14(22-15(11)13)16-17-18(20)21-8-9-24(17)19(23-16)12-5-3-6-12/h1-5,7-9,12,15-17,19,32H,6,10-11,13-14H2,(H2,30,31);1-7,10-11,14-17,30,32H,8-9,12-13H2,(H2,29,31);3-6,9,12-13,17,29H,7-8,10-11,14H2,1-2H3,(H2,27,28);2,4,7-10,12,22H,3,5-6H2,1H3,(H2,20,21). The Morgan fingerprint density at radius 2 is 0.824 bits per heavy atom. The fourth-order valence-electron chi connectivity index (χ4n) is 20.0. The number of amides is 3. The molecule has 3 saturated heterocycles. The molecule has 17 heterocycles. The number of para-hydroxylation sites is 4. The van der Waals surface area contributed by atoms with Crippen molar-refractivity contribution in [1.82, 2.24) is 102 Å². The van der Waals surface area contributed by atoms with Gasteiger partial charge >= 0.3 is 0 Å². The number of rotatable bonds is 12. The van der Waals surface area contributed by atoms with Crippen LogP contribution in [0.4, 0.5) is 23.3 Å². The maximum atomic E-state index is 13.2. The van der Waals surface area contributed by atoms with E-state index in [4.69, 9.17) is 47.4 Å². The highest BCUT2D eigenvalue weighted by Gasteiger charge is 2.35. The van der Waals surface area contributed by atoms with Crippen LogP contribution in [0.2, 0.25) is 0 Å². The third kappa shape index (κ3) is 14.9. The Balaban J connectivity index is 0.000000103. The van der Waals surface area contributed by atoms with E-state index >= 15 is 0 Å². The molecule has 131 heavy (non-hydrogen) atoms. The topological polar surface area (TPSA) is 391 Å². The lowest BCUT2D eigenvalue weighted by Crippen LogP contribution is -2.39. The number of benzene rings is 6. The number of anilines is 4. The van der Waals surface area contributed by atoms with Crippen molar-refractivity contribution in [3.63, 3.8) is 0 Å². The first-order valence-corrected chi connectivity index (χ1v) is 45.0. The molecule has 3 amide bonds. The molecular formula is C102H97N25O4. The fraction of sp³-hybridized carbons (Fsp3) is 0.235. The maximum Gasteiger partial charge on any atom is 0.253 e. The van der Waals surface area contributed by atoms with Gasteiger partial charge in [0.15, 0.2) is 0 Å². The van der Waals surface area contributed by atoms with Crippen molar-refractivity contribution in [3.8, 4) is 45.6 Å². The van der Waals surface area contributed by atoms with E-state index in [1.54, 1.807) is 24.8 Å². The molecule has 20 aromatic rings. The lowest BCUT2D eigenvalue weighted by molar-refractivity contribution is -0.131. The first kappa shape index (κ1) is 80.9. The van der Waals surface area contributed by atoms with E-state index < -0.39 is 0 Å². The number of imidazole rings is 4. The number of aryl methyl sites for hydroxylation is 3. The Morgan fingerprint density at radius 3 is 1.25 bits per heavy atom. The van der Waals surface area contributed by atoms with E-state index in [1.807, 2.05) is 132 Å². The Bertz CT molecular complexity index is 7740. The van der Waals surface area contributed by atoms with E-state index in [1.165, 1.54) is 41.3 Å².